The minimum Gasteiger partial charge on any atom is -0.506 e. The second kappa shape index (κ2) is 8.69. The van der Waals surface area contributed by atoms with E-state index in [0.29, 0.717) is 17.9 Å². The van der Waals surface area contributed by atoms with Gasteiger partial charge in [0, 0.05) is 0 Å². The molecule has 0 atom stereocenters. The number of carbonyl (C=O) groups is 1. The van der Waals surface area contributed by atoms with E-state index in [1.165, 1.54) is 6.21 Å². The molecule has 0 radical (unpaired) electrons. The molecule has 0 heterocycles. The van der Waals surface area contributed by atoms with Gasteiger partial charge in [0.25, 0.3) is 5.91 Å². The summed E-state index contributed by atoms with van der Waals surface area (Å²) in [6.45, 7) is -0.189. The normalized spacial score (nSPS) is 10.7. The highest BCUT2D eigenvalue weighted by Crippen LogP contribution is 2.26. The molecule has 120 valence electrons. The fourth-order valence-corrected chi connectivity index (χ4v) is 3.58. The van der Waals surface area contributed by atoms with E-state index < -0.39 is 5.91 Å². The van der Waals surface area contributed by atoms with Crippen LogP contribution < -0.4 is 10.2 Å². The molecule has 1 amide bonds. The molecule has 0 aliphatic rings. The summed E-state index contributed by atoms with van der Waals surface area (Å²) < 4.78 is 6.73. The minimum absolute atomic E-state index is 0.189. The number of halogens is 3. The maximum absolute atomic E-state index is 11.7. The van der Waals surface area contributed by atoms with E-state index >= 15 is 0 Å². The van der Waals surface area contributed by atoms with Gasteiger partial charge < -0.3 is 9.84 Å². The molecular weight excluding hydrogens is 545 g/mol. The number of ether oxygens (including phenoxy) is 1. The molecule has 2 aromatic carbocycles. The third kappa shape index (κ3) is 5.50. The number of amides is 1. The van der Waals surface area contributed by atoms with Gasteiger partial charge in [0.2, 0.25) is 0 Å². The highest BCUT2D eigenvalue weighted by molar-refractivity contribution is 14.1. The molecule has 0 saturated heterocycles. The Hall–Kier alpha value is -1.07. The Morgan fingerprint density at radius 3 is 2.61 bits per heavy atom. The number of hydrogen-bond acceptors (Lipinski definition) is 4. The molecule has 2 aromatic rings. The number of nitrogens with one attached hydrogen (secondary N) is 1. The Labute approximate surface area is 165 Å². The smallest absolute Gasteiger partial charge is 0.277 e. The Balaban J connectivity index is 1.88. The number of phenols is 1. The first-order chi connectivity index (χ1) is 11.0. The largest absolute Gasteiger partial charge is 0.506 e. The van der Waals surface area contributed by atoms with Crippen LogP contribution in [0.1, 0.15) is 5.56 Å². The monoisotopic (exact) mass is 556 g/mol. The van der Waals surface area contributed by atoms with Gasteiger partial charge in [-0.2, -0.15) is 5.10 Å². The van der Waals surface area contributed by atoms with Crippen LogP contribution in [0.25, 0.3) is 0 Å². The van der Waals surface area contributed by atoms with E-state index in [1.54, 1.807) is 36.4 Å². The molecule has 23 heavy (non-hydrogen) atoms. The molecule has 0 spiro atoms. The first kappa shape index (κ1) is 18.3. The zero-order chi connectivity index (χ0) is 16.8. The quantitative estimate of drug-likeness (QED) is 0.335. The van der Waals surface area contributed by atoms with E-state index in [2.05, 4.69) is 10.5 Å². The lowest BCUT2D eigenvalue weighted by Crippen LogP contribution is -2.24. The zero-order valence-electron chi connectivity index (χ0n) is 11.6. The fraction of sp³-hybridized carbons (Fsp3) is 0.0667. The predicted molar refractivity (Wildman–Crippen MR) is 106 cm³/mol. The SMILES string of the molecule is O=C(COc1ccccc1Cl)N/N=C\c1cc(I)c(O)c(I)c1. The highest BCUT2D eigenvalue weighted by Gasteiger charge is 2.06. The van der Waals surface area contributed by atoms with Crippen LogP contribution in [0.2, 0.25) is 5.02 Å². The average Bonchev–Trinajstić information content (AvgIpc) is 2.52. The summed E-state index contributed by atoms with van der Waals surface area (Å²) in [7, 11) is 0. The van der Waals surface area contributed by atoms with Crippen LogP contribution in [0.15, 0.2) is 41.5 Å². The number of aromatic hydroxyl groups is 1. The van der Waals surface area contributed by atoms with E-state index in [-0.39, 0.29) is 12.4 Å². The molecule has 0 unspecified atom stereocenters. The van der Waals surface area contributed by atoms with Gasteiger partial charge >= 0.3 is 0 Å². The van der Waals surface area contributed by atoms with Crippen LogP contribution in [0.3, 0.4) is 0 Å². The van der Waals surface area contributed by atoms with Gasteiger partial charge in [0.15, 0.2) is 6.61 Å². The standard InChI is InChI=1S/C15H11ClI2N2O3/c16-10-3-1-2-4-13(10)23-8-14(21)20-19-7-9-5-11(17)15(22)12(18)6-9/h1-7,22H,8H2,(H,20,21)/b19-7-. The Kier molecular flexibility index (Phi) is 6.90. The number of carbonyl (C=O) groups excluding carboxylic acids is 1. The van der Waals surface area contributed by atoms with Crippen molar-refractivity contribution in [3.8, 4) is 11.5 Å². The molecule has 0 fully saturated rings. The summed E-state index contributed by atoms with van der Waals surface area (Å²) in [6.07, 6.45) is 1.50. The van der Waals surface area contributed by atoms with Crippen LogP contribution in [0, 0.1) is 7.14 Å². The number of nitrogens with zero attached hydrogens (tertiary/aromatic N) is 1. The van der Waals surface area contributed by atoms with Crippen molar-refractivity contribution in [3.05, 3.63) is 54.1 Å². The first-order valence-corrected chi connectivity index (χ1v) is 8.88. The lowest BCUT2D eigenvalue weighted by atomic mass is 10.2. The van der Waals surface area contributed by atoms with Gasteiger partial charge in [-0.1, -0.05) is 23.7 Å². The zero-order valence-corrected chi connectivity index (χ0v) is 16.7. The van der Waals surface area contributed by atoms with E-state index in [1.807, 2.05) is 45.2 Å². The van der Waals surface area contributed by atoms with Crippen molar-refractivity contribution >= 4 is 68.9 Å². The number of para-hydroxylation sites is 1. The van der Waals surface area contributed by atoms with Crippen molar-refractivity contribution in [2.24, 2.45) is 5.10 Å². The van der Waals surface area contributed by atoms with Crippen molar-refractivity contribution in [3.63, 3.8) is 0 Å². The van der Waals surface area contributed by atoms with E-state index in [0.717, 1.165) is 5.56 Å². The topological polar surface area (TPSA) is 70.9 Å². The van der Waals surface area contributed by atoms with E-state index in [9.17, 15) is 9.90 Å². The van der Waals surface area contributed by atoms with Gasteiger partial charge in [-0.05, 0) is 75.0 Å². The van der Waals surface area contributed by atoms with Crippen molar-refractivity contribution in [2.45, 2.75) is 0 Å². The Bertz CT molecular complexity index is 730. The maximum Gasteiger partial charge on any atom is 0.277 e. The third-order valence-electron chi connectivity index (χ3n) is 2.64. The van der Waals surface area contributed by atoms with Crippen molar-refractivity contribution < 1.29 is 14.6 Å². The molecular formula is C15H11ClI2N2O3. The summed E-state index contributed by atoms with van der Waals surface area (Å²) >= 11 is 9.98. The van der Waals surface area contributed by atoms with Gasteiger partial charge in [-0.25, -0.2) is 5.43 Å². The van der Waals surface area contributed by atoms with Crippen molar-refractivity contribution in [2.75, 3.05) is 6.61 Å². The molecule has 0 aliphatic carbocycles. The van der Waals surface area contributed by atoms with Crippen molar-refractivity contribution in [1.29, 1.82) is 0 Å². The van der Waals surface area contributed by atoms with Crippen LogP contribution in [0.5, 0.6) is 11.5 Å². The summed E-state index contributed by atoms with van der Waals surface area (Å²) in [5, 5.41) is 14.0. The molecule has 0 bridgehead atoms. The highest BCUT2D eigenvalue weighted by atomic mass is 127. The predicted octanol–water partition coefficient (Wildman–Crippen LogP) is 3.78. The lowest BCUT2D eigenvalue weighted by molar-refractivity contribution is -0.123. The Morgan fingerprint density at radius 2 is 1.96 bits per heavy atom. The molecule has 2 rings (SSSR count). The van der Waals surface area contributed by atoms with Gasteiger partial charge in [0.1, 0.15) is 11.5 Å². The van der Waals surface area contributed by atoms with Crippen LogP contribution in [0.4, 0.5) is 0 Å². The molecule has 0 aromatic heterocycles. The second-order valence-electron chi connectivity index (χ2n) is 4.35. The molecule has 2 N–H and O–H groups in total. The molecule has 8 heteroatoms. The second-order valence-corrected chi connectivity index (χ2v) is 7.08. The number of phenolic OH excluding ortho intramolecular Hbond substituents is 1. The van der Waals surface area contributed by atoms with Crippen LogP contribution in [-0.4, -0.2) is 23.8 Å². The summed E-state index contributed by atoms with van der Waals surface area (Å²) in [4.78, 5) is 11.7. The van der Waals surface area contributed by atoms with Crippen LogP contribution >= 0.6 is 56.8 Å². The number of benzene rings is 2. The van der Waals surface area contributed by atoms with E-state index in [4.69, 9.17) is 16.3 Å². The molecule has 0 aliphatic heterocycles. The lowest BCUT2D eigenvalue weighted by Gasteiger charge is -2.06. The average molecular weight is 557 g/mol. The minimum atomic E-state index is -0.399. The number of hydrogen-bond donors (Lipinski definition) is 2. The van der Waals surface area contributed by atoms with Crippen molar-refractivity contribution in [1.82, 2.24) is 5.43 Å². The third-order valence-corrected chi connectivity index (χ3v) is 4.59. The Morgan fingerprint density at radius 1 is 1.30 bits per heavy atom. The fourth-order valence-electron chi connectivity index (χ4n) is 1.58. The van der Waals surface area contributed by atoms with Crippen LogP contribution in [-0.2, 0) is 4.79 Å². The molecule has 5 nitrogen and oxygen atoms in total. The number of rotatable bonds is 5. The molecule has 0 saturated carbocycles. The van der Waals surface area contributed by atoms with Gasteiger partial charge in [-0.15, -0.1) is 0 Å². The maximum atomic E-state index is 11.7. The summed E-state index contributed by atoms with van der Waals surface area (Å²) in [5.74, 6) is 0.279. The summed E-state index contributed by atoms with van der Waals surface area (Å²) in [5.41, 5.74) is 3.14. The number of hydrazone groups is 1. The summed E-state index contributed by atoms with van der Waals surface area (Å²) in [6, 6.07) is 10.4. The first-order valence-electron chi connectivity index (χ1n) is 6.34. The van der Waals surface area contributed by atoms with Gasteiger partial charge in [-0.3, -0.25) is 4.79 Å². The van der Waals surface area contributed by atoms with Gasteiger partial charge in [0.05, 0.1) is 18.4 Å².